The minimum absolute atomic E-state index is 0. The summed E-state index contributed by atoms with van der Waals surface area (Å²) in [4.78, 5) is 14.2. The lowest BCUT2D eigenvalue weighted by Gasteiger charge is -2.39. The molecule has 0 saturated carbocycles. The number of carbonyl (C=O) groups excluding carboxylic acids is 1. The van der Waals surface area contributed by atoms with Crippen molar-refractivity contribution in [3.63, 3.8) is 0 Å². The van der Waals surface area contributed by atoms with Crippen LogP contribution in [0.5, 0.6) is 0 Å². The van der Waals surface area contributed by atoms with Crippen molar-refractivity contribution in [3.8, 4) is 0 Å². The summed E-state index contributed by atoms with van der Waals surface area (Å²) in [5.41, 5.74) is 0. The molecule has 3 nitrogen and oxygen atoms in total. The van der Waals surface area contributed by atoms with Gasteiger partial charge in [0.2, 0.25) is 5.91 Å². The van der Waals surface area contributed by atoms with E-state index in [-0.39, 0.29) is 12.4 Å². The minimum atomic E-state index is 0. The van der Waals surface area contributed by atoms with E-state index in [0.717, 1.165) is 13.1 Å². The fourth-order valence-corrected chi connectivity index (χ4v) is 2.04. The van der Waals surface area contributed by atoms with E-state index < -0.39 is 0 Å². The second-order valence-corrected chi connectivity index (χ2v) is 5.50. The Morgan fingerprint density at radius 3 is 2.47 bits per heavy atom. The number of piperazine rings is 1. The number of hydrogen-bond donors (Lipinski definition) is 1. The van der Waals surface area contributed by atoms with Gasteiger partial charge in [0.15, 0.2) is 0 Å². The largest absolute Gasteiger partial charge is 0.337 e. The summed E-state index contributed by atoms with van der Waals surface area (Å²) in [7, 11) is 0. The van der Waals surface area contributed by atoms with Crippen LogP contribution in [-0.2, 0) is 4.79 Å². The van der Waals surface area contributed by atoms with Crippen LogP contribution in [0.2, 0.25) is 0 Å². The summed E-state index contributed by atoms with van der Waals surface area (Å²) >= 11 is 0. The average molecular weight is 263 g/mol. The molecule has 102 valence electrons. The summed E-state index contributed by atoms with van der Waals surface area (Å²) in [6.07, 6.45) is 0.689. The fourth-order valence-electron chi connectivity index (χ4n) is 2.04. The molecule has 0 aromatic rings. The summed E-state index contributed by atoms with van der Waals surface area (Å²) in [6, 6.07) is 0.729. The quantitative estimate of drug-likeness (QED) is 0.847. The van der Waals surface area contributed by atoms with Crippen LogP contribution in [0.25, 0.3) is 0 Å². The molecule has 1 N–H and O–H groups in total. The minimum Gasteiger partial charge on any atom is -0.337 e. The standard InChI is InChI=1S/C13H26N2O.ClH/c1-9(2)10(3)8-13(16)15-7-6-14-11(4)12(15)5;/h9-12,14H,6-8H2,1-5H3;1H. The molecule has 4 heteroatoms. The molecule has 1 amide bonds. The van der Waals surface area contributed by atoms with E-state index in [4.69, 9.17) is 0 Å². The Balaban J connectivity index is 0.00000256. The smallest absolute Gasteiger partial charge is 0.223 e. The van der Waals surface area contributed by atoms with Crippen molar-refractivity contribution in [3.05, 3.63) is 0 Å². The van der Waals surface area contributed by atoms with Crippen molar-refractivity contribution in [1.82, 2.24) is 10.2 Å². The highest BCUT2D eigenvalue weighted by atomic mass is 35.5. The number of nitrogens with one attached hydrogen (secondary N) is 1. The van der Waals surface area contributed by atoms with Crippen LogP contribution in [0.3, 0.4) is 0 Å². The first kappa shape index (κ1) is 16.7. The van der Waals surface area contributed by atoms with E-state index in [9.17, 15) is 4.79 Å². The van der Waals surface area contributed by atoms with Gasteiger partial charge in [0.1, 0.15) is 0 Å². The van der Waals surface area contributed by atoms with Crippen LogP contribution in [0, 0.1) is 11.8 Å². The average Bonchev–Trinajstić information content (AvgIpc) is 2.21. The zero-order valence-corrected chi connectivity index (χ0v) is 12.5. The molecule has 0 spiro atoms. The maximum absolute atomic E-state index is 12.2. The van der Waals surface area contributed by atoms with Crippen LogP contribution < -0.4 is 5.32 Å². The molecule has 0 aliphatic carbocycles. The highest BCUT2D eigenvalue weighted by Crippen LogP contribution is 2.18. The van der Waals surface area contributed by atoms with Crippen LogP contribution >= 0.6 is 12.4 Å². The van der Waals surface area contributed by atoms with Crippen molar-refractivity contribution in [2.24, 2.45) is 11.8 Å². The first-order valence-corrected chi connectivity index (χ1v) is 6.46. The molecule has 0 aromatic heterocycles. The van der Waals surface area contributed by atoms with Crippen LogP contribution in [0.1, 0.15) is 41.0 Å². The van der Waals surface area contributed by atoms with E-state index in [2.05, 4.69) is 39.9 Å². The molecule has 0 aromatic carbocycles. The maximum atomic E-state index is 12.2. The molecule has 1 aliphatic heterocycles. The maximum Gasteiger partial charge on any atom is 0.223 e. The molecule has 1 fully saturated rings. The van der Waals surface area contributed by atoms with Crippen molar-refractivity contribution in [2.75, 3.05) is 13.1 Å². The van der Waals surface area contributed by atoms with E-state index in [1.807, 2.05) is 4.90 Å². The summed E-state index contributed by atoms with van der Waals surface area (Å²) in [5.74, 6) is 1.38. The van der Waals surface area contributed by atoms with Crippen molar-refractivity contribution < 1.29 is 4.79 Å². The lowest BCUT2D eigenvalue weighted by Crippen LogP contribution is -2.57. The van der Waals surface area contributed by atoms with Crippen LogP contribution in [0.4, 0.5) is 0 Å². The van der Waals surface area contributed by atoms with E-state index >= 15 is 0 Å². The van der Waals surface area contributed by atoms with Crippen LogP contribution in [-0.4, -0.2) is 36.0 Å². The second kappa shape index (κ2) is 7.22. The summed E-state index contributed by atoms with van der Waals surface area (Å²) < 4.78 is 0. The Morgan fingerprint density at radius 2 is 1.94 bits per heavy atom. The van der Waals surface area contributed by atoms with E-state index in [0.29, 0.717) is 36.2 Å². The molecule has 1 heterocycles. The van der Waals surface area contributed by atoms with Gasteiger partial charge in [0.25, 0.3) is 0 Å². The lowest BCUT2D eigenvalue weighted by molar-refractivity contribution is -0.136. The molecule has 3 atom stereocenters. The van der Waals surface area contributed by atoms with Gasteiger partial charge in [-0.15, -0.1) is 12.4 Å². The van der Waals surface area contributed by atoms with Gasteiger partial charge in [0.05, 0.1) is 0 Å². The zero-order valence-electron chi connectivity index (χ0n) is 11.7. The van der Waals surface area contributed by atoms with Gasteiger partial charge < -0.3 is 10.2 Å². The summed E-state index contributed by atoms with van der Waals surface area (Å²) in [5, 5.41) is 3.40. The van der Waals surface area contributed by atoms with Crippen molar-refractivity contribution >= 4 is 18.3 Å². The third kappa shape index (κ3) is 4.47. The van der Waals surface area contributed by atoms with Gasteiger partial charge in [-0.2, -0.15) is 0 Å². The van der Waals surface area contributed by atoms with Gasteiger partial charge >= 0.3 is 0 Å². The molecule has 1 rings (SSSR count). The number of nitrogens with zero attached hydrogens (tertiary/aromatic N) is 1. The molecule has 1 saturated heterocycles. The first-order chi connectivity index (χ1) is 7.43. The van der Waals surface area contributed by atoms with E-state index in [1.165, 1.54) is 0 Å². The Kier molecular flexibility index (Phi) is 7.10. The number of rotatable bonds is 3. The molecular weight excluding hydrogens is 236 g/mol. The molecular formula is C13H27ClN2O. The molecule has 0 radical (unpaired) electrons. The Labute approximate surface area is 112 Å². The SMILES string of the molecule is CC(C)C(C)CC(=O)N1CCNC(C)C1C.Cl. The predicted octanol–water partition coefficient (Wildman–Crippen LogP) is 2.30. The lowest BCUT2D eigenvalue weighted by atomic mass is 9.93. The number of halogens is 1. The highest BCUT2D eigenvalue weighted by molar-refractivity contribution is 5.85. The number of amides is 1. The highest BCUT2D eigenvalue weighted by Gasteiger charge is 2.28. The van der Waals surface area contributed by atoms with Gasteiger partial charge in [-0.1, -0.05) is 20.8 Å². The van der Waals surface area contributed by atoms with Gasteiger partial charge in [-0.25, -0.2) is 0 Å². The third-order valence-corrected chi connectivity index (χ3v) is 3.99. The van der Waals surface area contributed by atoms with Gasteiger partial charge in [0, 0.05) is 31.6 Å². The third-order valence-electron chi connectivity index (χ3n) is 3.99. The normalized spacial score (nSPS) is 26.6. The number of carbonyl (C=O) groups is 1. The molecule has 1 aliphatic rings. The Bertz CT molecular complexity index is 246. The Morgan fingerprint density at radius 1 is 1.35 bits per heavy atom. The molecule has 17 heavy (non-hydrogen) atoms. The van der Waals surface area contributed by atoms with Crippen LogP contribution in [0.15, 0.2) is 0 Å². The molecule has 0 bridgehead atoms. The predicted molar refractivity (Wildman–Crippen MR) is 74.5 cm³/mol. The Hall–Kier alpha value is -0.280. The fraction of sp³-hybridized carbons (Fsp3) is 0.923. The first-order valence-electron chi connectivity index (χ1n) is 6.46. The topological polar surface area (TPSA) is 32.3 Å². The monoisotopic (exact) mass is 262 g/mol. The molecule has 3 unspecified atom stereocenters. The zero-order chi connectivity index (χ0) is 12.3. The van der Waals surface area contributed by atoms with Crippen molar-refractivity contribution in [1.29, 1.82) is 0 Å². The second-order valence-electron chi connectivity index (χ2n) is 5.50. The van der Waals surface area contributed by atoms with E-state index in [1.54, 1.807) is 0 Å². The van der Waals surface area contributed by atoms with Gasteiger partial charge in [-0.05, 0) is 25.7 Å². The number of hydrogen-bond acceptors (Lipinski definition) is 2. The van der Waals surface area contributed by atoms with Crippen molar-refractivity contribution in [2.45, 2.75) is 53.1 Å². The summed E-state index contributed by atoms with van der Waals surface area (Å²) in [6.45, 7) is 12.6. The van der Waals surface area contributed by atoms with Gasteiger partial charge in [-0.3, -0.25) is 4.79 Å².